The van der Waals surface area contributed by atoms with Crippen LogP contribution in [-0.2, 0) is 0 Å². The Morgan fingerprint density at radius 1 is 1.00 bits per heavy atom. The van der Waals surface area contributed by atoms with Gasteiger partial charge < -0.3 is 10.4 Å². The van der Waals surface area contributed by atoms with Crippen molar-refractivity contribution in [3.05, 3.63) is 71.8 Å². The number of hydrogen-bond acceptors (Lipinski definition) is 3. The third kappa shape index (κ3) is 2.02. The van der Waals surface area contributed by atoms with Crippen LogP contribution < -0.4 is 5.32 Å². The molecule has 1 aliphatic heterocycles. The van der Waals surface area contributed by atoms with E-state index in [9.17, 15) is 9.90 Å². The molecule has 3 aromatic carbocycles. The van der Waals surface area contributed by atoms with E-state index in [1.54, 1.807) is 18.2 Å². The zero-order valence-electron chi connectivity index (χ0n) is 11.9. The first-order valence-corrected chi connectivity index (χ1v) is 7.33. The predicted molar refractivity (Wildman–Crippen MR) is 87.4 cm³/mol. The molecule has 0 bridgehead atoms. The summed E-state index contributed by atoms with van der Waals surface area (Å²) in [6.07, 6.45) is 0.393. The summed E-state index contributed by atoms with van der Waals surface area (Å²) < 4.78 is 0. The summed E-state index contributed by atoms with van der Waals surface area (Å²) in [6, 6.07) is 18.9. The van der Waals surface area contributed by atoms with Crippen LogP contribution in [0.4, 0.5) is 5.69 Å². The molecule has 3 aromatic rings. The molecule has 22 heavy (non-hydrogen) atoms. The number of rotatable bonds is 1. The van der Waals surface area contributed by atoms with E-state index in [1.165, 1.54) is 0 Å². The number of phenolic OH excluding ortho intramolecular Hbond substituents is 1. The minimum absolute atomic E-state index is 0.103. The van der Waals surface area contributed by atoms with Crippen LogP contribution in [0.25, 0.3) is 10.8 Å². The summed E-state index contributed by atoms with van der Waals surface area (Å²) >= 11 is 0. The number of aromatic hydroxyl groups is 1. The molecule has 1 atom stereocenters. The Hall–Kier alpha value is -2.81. The molecule has 0 saturated heterocycles. The van der Waals surface area contributed by atoms with Gasteiger partial charge in [0.25, 0.3) is 0 Å². The van der Waals surface area contributed by atoms with Gasteiger partial charge in [-0.25, -0.2) is 0 Å². The molecule has 0 radical (unpaired) electrons. The fraction of sp³-hybridized carbons (Fsp3) is 0.105. The van der Waals surface area contributed by atoms with Crippen LogP contribution in [0.15, 0.2) is 60.7 Å². The van der Waals surface area contributed by atoms with Gasteiger partial charge in [0.15, 0.2) is 5.78 Å². The monoisotopic (exact) mass is 289 g/mol. The lowest BCUT2D eigenvalue weighted by atomic mass is 9.89. The molecule has 3 nitrogen and oxygen atoms in total. The van der Waals surface area contributed by atoms with E-state index in [2.05, 4.69) is 5.32 Å². The smallest absolute Gasteiger partial charge is 0.167 e. The fourth-order valence-electron chi connectivity index (χ4n) is 3.16. The summed E-state index contributed by atoms with van der Waals surface area (Å²) in [5, 5.41) is 15.1. The van der Waals surface area contributed by atoms with Gasteiger partial charge in [-0.05, 0) is 34.5 Å². The van der Waals surface area contributed by atoms with E-state index < -0.39 is 0 Å². The second-order valence-electron chi connectivity index (χ2n) is 5.63. The minimum atomic E-state index is -0.103. The first-order chi connectivity index (χ1) is 10.7. The highest BCUT2D eigenvalue weighted by Crippen LogP contribution is 2.37. The van der Waals surface area contributed by atoms with Gasteiger partial charge in [0.1, 0.15) is 5.75 Å². The van der Waals surface area contributed by atoms with E-state index in [-0.39, 0.29) is 17.6 Å². The lowest BCUT2D eigenvalue weighted by Crippen LogP contribution is -2.23. The van der Waals surface area contributed by atoms with E-state index in [1.807, 2.05) is 42.5 Å². The number of Topliss-reactive ketones (excluding diaryl/α,β-unsaturated/α-hetero) is 1. The van der Waals surface area contributed by atoms with Crippen molar-refractivity contribution in [2.24, 2.45) is 0 Å². The van der Waals surface area contributed by atoms with Crippen molar-refractivity contribution in [2.45, 2.75) is 12.5 Å². The van der Waals surface area contributed by atoms with Gasteiger partial charge in [-0.3, -0.25) is 4.79 Å². The lowest BCUT2D eigenvalue weighted by molar-refractivity contribution is 0.0974. The molecule has 0 aliphatic carbocycles. The number of phenols is 1. The maximum Gasteiger partial charge on any atom is 0.167 e. The Morgan fingerprint density at radius 3 is 2.73 bits per heavy atom. The van der Waals surface area contributed by atoms with Crippen LogP contribution in [0, 0.1) is 0 Å². The molecule has 0 spiro atoms. The number of benzene rings is 3. The normalized spacial score (nSPS) is 17.1. The third-order valence-electron chi connectivity index (χ3n) is 4.20. The maximum absolute atomic E-state index is 12.7. The number of fused-ring (bicyclic) bond motifs is 3. The van der Waals surface area contributed by atoms with E-state index >= 15 is 0 Å². The Morgan fingerprint density at radius 2 is 1.86 bits per heavy atom. The van der Waals surface area contributed by atoms with Gasteiger partial charge in [0, 0.05) is 17.7 Å². The van der Waals surface area contributed by atoms with Gasteiger partial charge in [0.2, 0.25) is 0 Å². The molecule has 0 unspecified atom stereocenters. The first-order valence-electron chi connectivity index (χ1n) is 7.33. The SMILES string of the molecule is O=C1C[C@H](c2cccc(O)c2)Nc2ccc3ccccc3c21. The number of ketones is 1. The van der Waals surface area contributed by atoms with Gasteiger partial charge in [0.05, 0.1) is 6.04 Å². The largest absolute Gasteiger partial charge is 0.508 e. The highest BCUT2D eigenvalue weighted by molar-refractivity contribution is 6.14. The Balaban J connectivity index is 1.81. The van der Waals surface area contributed by atoms with Crippen molar-refractivity contribution in [3.8, 4) is 5.75 Å². The van der Waals surface area contributed by atoms with Crippen molar-refractivity contribution in [1.29, 1.82) is 0 Å². The Labute approximate surface area is 128 Å². The first kappa shape index (κ1) is 12.9. The number of carbonyl (C=O) groups is 1. The summed E-state index contributed by atoms with van der Waals surface area (Å²) in [5.74, 6) is 0.356. The molecule has 0 fully saturated rings. The van der Waals surface area contributed by atoms with Crippen LogP contribution in [0.2, 0.25) is 0 Å². The van der Waals surface area contributed by atoms with E-state index in [0.29, 0.717) is 6.42 Å². The molecule has 2 N–H and O–H groups in total. The van der Waals surface area contributed by atoms with Crippen LogP contribution in [-0.4, -0.2) is 10.9 Å². The van der Waals surface area contributed by atoms with E-state index in [0.717, 1.165) is 27.6 Å². The van der Waals surface area contributed by atoms with Gasteiger partial charge >= 0.3 is 0 Å². The lowest BCUT2D eigenvalue weighted by Gasteiger charge is -2.27. The van der Waals surface area contributed by atoms with Crippen LogP contribution in [0.1, 0.15) is 28.4 Å². The number of nitrogens with one attached hydrogen (secondary N) is 1. The summed E-state index contributed by atoms with van der Waals surface area (Å²) in [6.45, 7) is 0. The van der Waals surface area contributed by atoms with Crippen LogP contribution in [0.3, 0.4) is 0 Å². The highest BCUT2D eigenvalue weighted by atomic mass is 16.3. The van der Waals surface area contributed by atoms with Gasteiger partial charge in [-0.1, -0.05) is 42.5 Å². The second-order valence-corrected chi connectivity index (χ2v) is 5.63. The molecule has 3 heteroatoms. The molecule has 4 rings (SSSR count). The zero-order valence-corrected chi connectivity index (χ0v) is 11.9. The average molecular weight is 289 g/mol. The molecule has 0 amide bonds. The Kier molecular flexibility index (Phi) is 2.86. The van der Waals surface area contributed by atoms with Crippen LogP contribution in [0.5, 0.6) is 5.75 Å². The zero-order chi connectivity index (χ0) is 15.1. The fourth-order valence-corrected chi connectivity index (χ4v) is 3.16. The topological polar surface area (TPSA) is 49.3 Å². The van der Waals surface area contributed by atoms with Crippen molar-refractivity contribution in [1.82, 2.24) is 0 Å². The van der Waals surface area contributed by atoms with Crippen LogP contribution >= 0.6 is 0 Å². The number of anilines is 1. The summed E-state index contributed by atoms with van der Waals surface area (Å²) in [5.41, 5.74) is 2.56. The molecular weight excluding hydrogens is 274 g/mol. The second kappa shape index (κ2) is 4.88. The quantitative estimate of drug-likeness (QED) is 0.702. The highest BCUT2D eigenvalue weighted by Gasteiger charge is 2.27. The third-order valence-corrected chi connectivity index (χ3v) is 4.20. The van der Waals surface area contributed by atoms with Crippen molar-refractivity contribution < 1.29 is 9.90 Å². The molecular formula is C19H15NO2. The summed E-state index contributed by atoms with van der Waals surface area (Å²) in [4.78, 5) is 12.7. The number of carbonyl (C=O) groups excluding carboxylic acids is 1. The minimum Gasteiger partial charge on any atom is -0.508 e. The molecule has 1 aliphatic rings. The van der Waals surface area contributed by atoms with E-state index in [4.69, 9.17) is 0 Å². The predicted octanol–water partition coefficient (Wildman–Crippen LogP) is 4.29. The van der Waals surface area contributed by atoms with Gasteiger partial charge in [-0.15, -0.1) is 0 Å². The molecule has 1 heterocycles. The Bertz CT molecular complexity index is 885. The molecule has 108 valence electrons. The standard InChI is InChI=1S/C19H15NO2/c21-14-6-3-5-13(10-14)17-11-18(22)19-15-7-2-1-4-12(15)8-9-16(19)20-17/h1-10,17,20-21H,11H2/t17-/m1/s1. The average Bonchev–Trinajstić information content (AvgIpc) is 2.54. The number of hydrogen-bond donors (Lipinski definition) is 2. The van der Waals surface area contributed by atoms with Crippen molar-refractivity contribution >= 4 is 22.2 Å². The van der Waals surface area contributed by atoms with Crippen molar-refractivity contribution in [3.63, 3.8) is 0 Å². The maximum atomic E-state index is 12.7. The van der Waals surface area contributed by atoms with Gasteiger partial charge in [-0.2, -0.15) is 0 Å². The molecule has 0 saturated carbocycles. The molecule has 0 aromatic heterocycles. The summed E-state index contributed by atoms with van der Waals surface area (Å²) in [7, 11) is 0. The van der Waals surface area contributed by atoms with Crippen molar-refractivity contribution in [2.75, 3.05) is 5.32 Å².